The molecule has 0 aliphatic rings. The Hall–Kier alpha value is -2.27. The van der Waals surface area contributed by atoms with E-state index in [4.69, 9.17) is 16.3 Å². The van der Waals surface area contributed by atoms with E-state index in [2.05, 4.69) is 10.3 Å². The van der Waals surface area contributed by atoms with Gasteiger partial charge in [0, 0.05) is 26.0 Å². The van der Waals surface area contributed by atoms with Crippen molar-refractivity contribution in [2.45, 2.75) is 26.5 Å². The number of carbonyl (C=O) groups excluding carboxylic acids is 1. The van der Waals surface area contributed by atoms with Gasteiger partial charge >= 0.3 is 0 Å². The van der Waals surface area contributed by atoms with Crippen molar-refractivity contribution in [1.82, 2.24) is 10.3 Å². The van der Waals surface area contributed by atoms with Gasteiger partial charge in [0.05, 0.1) is 28.9 Å². The third-order valence-electron chi connectivity index (χ3n) is 3.32. The topological polar surface area (TPSA) is 54.5 Å². The van der Waals surface area contributed by atoms with E-state index in [1.807, 2.05) is 45.0 Å². The molecule has 1 aromatic heterocycles. The average Bonchev–Trinajstić information content (AvgIpc) is 2.54. The molecule has 0 bridgehead atoms. The number of aromatic nitrogens is 1. The summed E-state index contributed by atoms with van der Waals surface area (Å²) in [7, 11) is 3.91. The summed E-state index contributed by atoms with van der Waals surface area (Å²) < 4.78 is 5.61. The molecule has 5 nitrogen and oxygen atoms in total. The Bertz CT molecular complexity index is 717. The lowest BCUT2D eigenvalue weighted by Crippen LogP contribution is -2.24. The highest BCUT2D eigenvalue weighted by Gasteiger charge is 2.15. The van der Waals surface area contributed by atoms with Crippen molar-refractivity contribution in [1.29, 1.82) is 0 Å². The van der Waals surface area contributed by atoms with Crippen LogP contribution in [0.5, 0.6) is 5.75 Å². The van der Waals surface area contributed by atoms with Gasteiger partial charge in [-0.15, -0.1) is 0 Å². The van der Waals surface area contributed by atoms with Gasteiger partial charge < -0.3 is 15.0 Å². The summed E-state index contributed by atoms with van der Waals surface area (Å²) in [5.41, 5.74) is 2.19. The van der Waals surface area contributed by atoms with Crippen molar-refractivity contribution in [3.63, 3.8) is 0 Å². The maximum Gasteiger partial charge on any atom is 0.253 e. The predicted octanol–water partition coefficient (Wildman–Crippen LogP) is 3.52. The fourth-order valence-corrected chi connectivity index (χ4v) is 2.39. The Morgan fingerprint density at radius 1 is 1.33 bits per heavy atom. The summed E-state index contributed by atoms with van der Waals surface area (Å²) in [6.07, 6.45) is 1.71. The zero-order valence-electron chi connectivity index (χ0n) is 14.3. The number of nitrogens with one attached hydrogen (secondary N) is 1. The van der Waals surface area contributed by atoms with Crippen molar-refractivity contribution in [2.24, 2.45) is 0 Å². The van der Waals surface area contributed by atoms with Crippen molar-refractivity contribution < 1.29 is 9.53 Å². The Balaban J connectivity index is 2.09. The molecular weight excluding hydrogens is 326 g/mol. The average molecular weight is 348 g/mol. The molecular formula is C18H22ClN3O2. The first-order chi connectivity index (χ1) is 11.4. The quantitative estimate of drug-likeness (QED) is 0.868. The van der Waals surface area contributed by atoms with E-state index in [-0.39, 0.29) is 12.0 Å². The summed E-state index contributed by atoms with van der Waals surface area (Å²) in [4.78, 5) is 18.7. The molecule has 0 saturated heterocycles. The highest BCUT2D eigenvalue weighted by Crippen LogP contribution is 2.29. The molecule has 0 unspecified atom stereocenters. The first kappa shape index (κ1) is 18.1. The number of benzene rings is 1. The van der Waals surface area contributed by atoms with Crippen LogP contribution in [0.15, 0.2) is 36.5 Å². The van der Waals surface area contributed by atoms with Gasteiger partial charge in [-0.05, 0) is 38.1 Å². The number of ether oxygens (including phenoxy) is 1. The van der Waals surface area contributed by atoms with Crippen LogP contribution in [-0.2, 0) is 6.54 Å². The van der Waals surface area contributed by atoms with Crippen LogP contribution in [0.4, 0.5) is 5.69 Å². The summed E-state index contributed by atoms with van der Waals surface area (Å²) >= 11 is 6.29. The van der Waals surface area contributed by atoms with E-state index < -0.39 is 0 Å². The van der Waals surface area contributed by atoms with Gasteiger partial charge in [0.15, 0.2) is 0 Å². The molecule has 6 heteroatoms. The van der Waals surface area contributed by atoms with Gasteiger partial charge in [-0.1, -0.05) is 17.7 Å². The molecule has 0 fully saturated rings. The number of hydrogen-bond donors (Lipinski definition) is 1. The largest absolute Gasteiger partial charge is 0.489 e. The van der Waals surface area contributed by atoms with Gasteiger partial charge in [0.1, 0.15) is 5.75 Å². The third kappa shape index (κ3) is 4.61. The third-order valence-corrected chi connectivity index (χ3v) is 3.71. The number of anilines is 1. The number of carbonyl (C=O) groups is 1. The van der Waals surface area contributed by atoms with Gasteiger partial charge in [-0.25, -0.2) is 0 Å². The molecule has 0 aliphatic carbocycles. The van der Waals surface area contributed by atoms with Crippen LogP contribution in [0, 0.1) is 0 Å². The lowest BCUT2D eigenvalue weighted by atomic mass is 10.2. The maximum absolute atomic E-state index is 12.4. The van der Waals surface area contributed by atoms with Crippen molar-refractivity contribution in [3.05, 3.63) is 52.8 Å². The van der Waals surface area contributed by atoms with Crippen LogP contribution >= 0.6 is 11.6 Å². The van der Waals surface area contributed by atoms with Gasteiger partial charge in [0.25, 0.3) is 5.91 Å². The summed E-state index contributed by atoms with van der Waals surface area (Å²) in [5.74, 6) is 0.248. The van der Waals surface area contributed by atoms with Crippen LogP contribution in [0.3, 0.4) is 0 Å². The number of rotatable bonds is 6. The summed E-state index contributed by atoms with van der Waals surface area (Å²) in [5, 5.41) is 3.16. The Kier molecular flexibility index (Phi) is 6.04. The molecule has 2 rings (SSSR count). The highest BCUT2D eigenvalue weighted by molar-refractivity contribution is 6.35. The molecule has 1 N–H and O–H groups in total. The van der Waals surface area contributed by atoms with Crippen LogP contribution in [0.25, 0.3) is 0 Å². The minimum absolute atomic E-state index is 0.0150. The zero-order chi connectivity index (χ0) is 17.7. The molecule has 0 aliphatic heterocycles. The van der Waals surface area contributed by atoms with Gasteiger partial charge in [-0.3, -0.25) is 9.78 Å². The predicted molar refractivity (Wildman–Crippen MR) is 97.0 cm³/mol. The van der Waals surface area contributed by atoms with E-state index in [0.717, 1.165) is 11.4 Å². The highest BCUT2D eigenvalue weighted by atomic mass is 35.5. The van der Waals surface area contributed by atoms with Crippen LogP contribution in [-0.4, -0.2) is 31.1 Å². The number of pyridine rings is 1. The second-order valence-electron chi connectivity index (χ2n) is 5.87. The molecule has 1 aromatic carbocycles. The Morgan fingerprint density at radius 2 is 2.08 bits per heavy atom. The van der Waals surface area contributed by atoms with E-state index >= 15 is 0 Å². The number of nitrogens with zero attached hydrogens (tertiary/aromatic N) is 2. The zero-order valence-corrected chi connectivity index (χ0v) is 15.1. The SMILES string of the molecule is CC(C)Oc1cccc(C(=O)NCc2cc(N(C)C)ccn2)c1Cl. The van der Waals surface area contributed by atoms with Crippen molar-refractivity contribution in [3.8, 4) is 5.75 Å². The second kappa shape index (κ2) is 8.02. The normalized spacial score (nSPS) is 10.6. The van der Waals surface area contributed by atoms with Gasteiger partial charge in [-0.2, -0.15) is 0 Å². The molecule has 0 radical (unpaired) electrons. The minimum Gasteiger partial charge on any atom is -0.489 e. The Labute approximate surface area is 147 Å². The molecule has 1 amide bonds. The van der Waals surface area contributed by atoms with Crippen LogP contribution in [0.2, 0.25) is 5.02 Å². The number of halogens is 1. The number of amides is 1. The molecule has 0 spiro atoms. The summed E-state index contributed by atoms with van der Waals surface area (Å²) in [6, 6.07) is 9.02. The smallest absolute Gasteiger partial charge is 0.253 e. The van der Waals surface area contributed by atoms with E-state index in [9.17, 15) is 4.79 Å². The lowest BCUT2D eigenvalue weighted by Gasteiger charge is -2.14. The standard InChI is InChI=1S/C18H22ClN3O2/c1-12(2)24-16-7-5-6-15(17(16)19)18(23)21-11-13-10-14(22(3)4)8-9-20-13/h5-10,12H,11H2,1-4H3,(H,21,23). The van der Waals surface area contributed by atoms with E-state index in [0.29, 0.717) is 22.9 Å². The molecule has 2 aromatic rings. The monoisotopic (exact) mass is 347 g/mol. The molecule has 1 heterocycles. The minimum atomic E-state index is -0.258. The second-order valence-corrected chi connectivity index (χ2v) is 6.24. The Morgan fingerprint density at radius 3 is 2.75 bits per heavy atom. The van der Waals surface area contributed by atoms with Crippen LogP contribution in [0.1, 0.15) is 29.9 Å². The molecule has 128 valence electrons. The fraction of sp³-hybridized carbons (Fsp3) is 0.333. The lowest BCUT2D eigenvalue weighted by molar-refractivity contribution is 0.0950. The van der Waals surface area contributed by atoms with Gasteiger partial charge in [0.2, 0.25) is 0 Å². The fourth-order valence-electron chi connectivity index (χ4n) is 2.14. The maximum atomic E-state index is 12.4. The molecule has 24 heavy (non-hydrogen) atoms. The summed E-state index contributed by atoms with van der Waals surface area (Å²) in [6.45, 7) is 4.14. The molecule has 0 saturated carbocycles. The van der Waals surface area contributed by atoms with E-state index in [1.165, 1.54) is 0 Å². The van der Waals surface area contributed by atoms with Crippen molar-refractivity contribution >= 4 is 23.2 Å². The molecule has 0 atom stereocenters. The first-order valence-electron chi connectivity index (χ1n) is 7.74. The van der Waals surface area contributed by atoms with E-state index in [1.54, 1.807) is 24.4 Å². The first-order valence-corrected chi connectivity index (χ1v) is 8.12. The number of hydrogen-bond acceptors (Lipinski definition) is 4. The van der Waals surface area contributed by atoms with Crippen LogP contribution < -0.4 is 15.0 Å². The van der Waals surface area contributed by atoms with Crippen molar-refractivity contribution in [2.75, 3.05) is 19.0 Å².